The Morgan fingerprint density at radius 3 is 2.88 bits per heavy atom. The standard InChI is InChI=1S/C11H20N2O3S/c1-2-6-17-7-8(12)10(14)13-5-3-4-9(13)11(15)16/h8-9H,2-7,12H2,1H3,(H,15,16)/t8-,9-/m0/s1. The second-order valence-electron chi connectivity index (χ2n) is 4.21. The number of hydrogen-bond donors (Lipinski definition) is 2. The lowest BCUT2D eigenvalue weighted by molar-refractivity contribution is -0.148. The van der Waals surface area contributed by atoms with Crippen molar-refractivity contribution in [2.45, 2.75) is 38.3 Å². The summed E-state index contributed by atoms with van der Waals surface area (Å²) in [4.78, 5) is 24.4. The zero-order valence-electron chi connectivity index (χ0n) is 10.1. The molecule has 1 fully saturated rings. The monoisotopic (exact) mass is 260 g/mol. The van der Waals surface area contributed by atoms with E-state index < -0.39 is 18.1 Å². The van der Waals surface area contributed by atoms with Crippen molar-refractivity contribution in [1.82, 2.24) is 4.90 Å². The van der Waals surface area contributed by atoms with Gasteiger partial charge in [-0.2, -0.15) is 11.8 Å². The van der Waals surface area contributed by atoms with Gasteiger partial charge in [-0.1, -0.05) is 6.92 Å². The zero-order chi connectivity index (χ0) is 12.8. The lowest BCUT2D eigenvalue weighted by Gasteiger charge is -2.24. The molecule has 0 aromatic heterocycles. The van der Waals surface area contributed by atoms with Crippen LogP contribution in [0.15, 0.2) is 0 Å². The molecule has 2 atom stereocenters. The van der Waals surface area contributed by atoms with E-state index in [0.717, 1.165) is 18.6 Å². The molecule has 0 spiro atoms. The molecule has 0 unspecified atom stereocenters. The third kappa shape index (κ3) is 3.89. The maximum atomic E-state index is 12.0. The Morgan fingerprint density at radius 2 is 2.29 bits per heavy atom. The minimum atomic E-state index is -0.927. The second kappa shape index (κ2) is 6.86. The third-order valence-corrected chi connectivity index (χ3v) is 4.08. The average Bonchev–Trinajstić information content (AvgIpc) is 2.77. The van der Waals surface area contributed by atoms with Crippen molar-refractivity contribution in [3.8, 4) is 0 Å². The summed E-state index contributed by atoms with van der Waals surface area (Å²) in [6, 6.07) is -1.25. The van der Waals surface area contributed by atoms with E-state index in [4.69, 9.17) is 10.8 Å². The predicted molar refractivity (Wildman–Crippen MR) is 68.0 cm³/mol. The first-order valence-corrected chi connectivity index (χ1v) is 7.10. The Bertz CT molecular complexity index is 286. The summed E-state index contributed by atoms with van der Waals surface area (Å²) in [6.45, 7) is 2.59. The summed E-state index contributed by atoms with van der Waals surface area (Å²) < 4.78 is 0. The number of carbonyl (C=O) groups excluding carboxylic acids is 1. The predicted octanol–water partition coefficient (Wildman–Crippen LogP) is 0.532. The first-order chi connectivity index (χ1) is 8.07. The molecule has 1 aliphatic rings. The minimum absolute atomic E-state index is 0.224. The van der Waals surface area contributed by atoms with Crippen molar-refractivity contribution in [2.24, 2.45) is 5.73 Å². The molecular formula is C11H20N2O3S. The summed E-state index contributed by atoms with van der Waals surface area (Å²) in [5.74, 6) is 0.390. The summed E-state index contributed by atoms with van der Waals surface area (Å²) in [7, 11) is 0. The highest BCUT2D eigenvalue weighted by Crippen LogP contribution is 2.19. The molecule has 98 valence electrons. The van der Waals surface area contributed by atoms with Crippen LogP contribution in [-0.4, -0.2) is 52.0 Å². The van der Waals surface area contributed by atoms with Crippen molar-refractivity contribution < 1.29 is 14.7 Å². The molecule has 3 N–H and O–H groups in total. The number of nitrogens with zero attached hydrogens (tertiary/aromatic N) is 1. The first-order valence-electron chi connectivity index (χ1n) is 5.94. The number of carbonyl (C=O) groups is 2. The number of thioether (sulfide) groups is 1. The highest BCUT2D eigenvalue weighted by molar-refractivity contribution is 7.99. The quantitative estimate of drug-likeness (QED) is 0.681. The molecule has 0 aromatic carbocycles. The van der Waals surface area contributed by atoms with Gasteiger partial charge in [-0.25, -0.2) is 4.79 Å². The molecule has 5 nitrogen and oxygen atoms in total. The smallest absolute Gasteiger partial charge is 0.326 e. The van der Waals surface area contributed by atoms with Crippen LogP contribution in [0.1, 0.15) is 26.2 Å². The normalized spacial score (nSPS) is 21.5. The van der Waals surface area contributed by atoms with Gasteiger partial charge in [-0.3, -0.25) is 4.79 Å². The molecule has 0 radical (unpaired) electrons. The van der Waals surface area contributed by atoms with E-state index in [0.29, 0.717) is 18.7 Å². The Labute approximate surface area is 106 Å². The molecule has 0 aliphatic carbocycles. The molecule has 1 saturated heterocycles. The van der Waals surface area contributed by atoms with Gasteiger partial charge in [0.05, 0.1) is 6.04 Å². The van der Waals surface area contributed by atoms with Gasteiger partial charge in [0.15, 0.2) is 0 Å². The van der Waals surface area contributed by atoms with Gasteiger partial charge in [-0.15, -0.1) is 0 Å². The van der Waals surface area contributed by atoms with Crippen LogP contribution in [0, 0.1) is 0 Å². The second-order valence-corrected chi connectivity index (χ2v) is 5.36. The fourth-order valence-corrected chi connectivity index (χ4v) is 2.78. The van der Waals surface area contributed by atoms with Crippen LogP contribution in [0.2, 0.25) is 0 Å². The summed E-state index contributed by atoms with van der Waals surface area (Å²) in [5.41, 5.74) is 5.80. The van der Waals surface area contributed by atoms with Gasteiger partial charge in [0, 0.05) is 12.3 Å². The van der Waals surface area contributed by atoms with Crippen molar-refractivity contribution >= 4 is 23.6 Å². The lowest BCUT2D eigenvalue weighted by Crippen LogP contribution is -2.49. The van der Waals surface area contributed by atoms with Crippen LogP contribution in [-0.2, 0) is 9.59 Å². The molecule has 0 saturated carbocycles. The van der Waals surface area contributed by atoms with Gasteiger partial charge in [0.2, 0.25) is 5.91 Å². The van der Waals surface area contributed by atoms with Crippen molar-refractivity contribution in [3.05, 3.63) is 0 Å². The Balaban J connectivity index is 2.47. The number of nitrogens with two attached hydrogens (primary N) is 1. The van der Waals surface area contributed by atoms with Crippen LogP contribution in [0.4, 0.5) is 0 Å². The van der Waals surface area contributed by atoms with Crippen LogP contribution in [0.5, 0.6) is 0 Å². The largest absolute Gasteiger partial charge is 0.480 e. The molecule has 17 heavy (non-hydrogen) atoms. The van der Waals surface area contributed by atoms with Crippen LogP contribution in [0.3, 0.4) is 0 Å². The van der Waals surface area contributed by atoms with Gasteiger partial charge in [0.1, 0.15) is 6.04 Å². The van der Waals surface area contributed by atoms with Crippen molar-refractivity contribution in [3.63, 3.8) is 0 Å². The van der Waals surface area contributed by atoms with E-state index in [1.165, 1.54) is 4.90 Å². The molecule has 6 heteroatoms. The first kappa shape index (κ1) is 14.3. The zero-order valence-corrected chi connectivity index (χ0v) is 10.9. The Kier molecular flexibility index (Phi) is 5.77. The third-order valence-electron chi connectivity index (χ3n) is 2.78. The number of carboxylic acid groups (broad SMARTS) is 1. The maximum Gasteiger partial charge on any atom is 0.326 e. The van der Waals surface area contributed by atoms with E-state index >= 15 is 0 Å². The topological polar surface area (TPSA) is 83.6 Å². The van der Waals surface area contributed by atoms with E-state index in [-0.39, 0.29) is 5.91 Å². The molecule has 1 amide bonds. The molecule has 0 bridgehead atoms. The van der Waals surface area contributed by atoms with Crippen molar-refractivity contribution in [1.29, 1.82) is 0 Å². The Hall–Kier alpha value is -0.750. The summed E-state index contributed by atoms with van der Waals surface area (Å²) in [6.07, 6.45) is 2.33. The number of hydrogen-bond acceptors (Lipinski definition) is 4. The highest BCUT2D eigenvalue weighted by atomic mass is 32.2. The van der Waals surface area contributed by atoms with E-state index in [2.05, 4.69) is 6.92 Å². The van der Waals surface area contributed by atoms with E-state index in [9.17, 15) is 9.59 Å². The SMILES string of the molecule is CCCSC[C@H](N)C(=O)N1CCC[C@H]1C(=O)O. The van der Waals surface area contributed by atoms with Gasteiger partial charge in [-0.05, 0) is 25.0 Å². The molecule has 1 aliphatic heterocycles. The molecule has 0 aromatic rings. The molecule has 1 heterocycles. The van der Waals surface area contributed by atoms with Crippen LogP contribution in [0.25, 0.3) is 0 Å². The van der Waals surface area contributed by atoms with E-state index in [1.54, 1.807) is 11.8 Å². The maximum absolute atomic E-state index is 12.0. The molecule has 1 rings (SSSR count). The van der Waals surface area contributed by atoms with Crippen LogP contribution < -0.4 is 5.73 Å². The van der Waals surface area contributed by atoms with Gasteiger partial charge < -0.3 is 15.7 Å². The summed E-state index contributed by atoms with van der Waals surface area (Å²) in [5, 5.41) is 8.99. The average molecular weight is 260 g/mol. The van der Waals surface area contributed by atoms with Gasteiger partial charge >= 0.3 is 5.97 Å². The number of carboxylic acids is 1. The fraction of sp³-hybridized carbons (Fsp3) is 0.818. The number of aliphatic carboxylic acids is 1. The van der Waals surface area contributed by atoms with E-state index in [1.807, 2.05) is 0 Å². The number of amides is 1. The number of likely N-dealkylation sites (tertiary alicyclic amines) is 1. The Morgan fingerprint density at radius 1 is 1.59 bits per heavy atom. The lowest BCUT2D eigenvalue weighted by atomic mass is 10.2. The van der Waals surface area contributed by atoms with Gasteiger partial charge in [0.25, 0.3) is 0 Å². The summed E-state index contributed by atoms with van der Waals surface area (Å²) >= 11 is 1.64. The number of rotatable bonds is 6. The highest BCUT2D eigenvalue weighted by Gasteiger charge is 2.35. The van der Waals surface area contributed by atoms with Crippen molar-refractivity contribution in [2.75, 3.05) is 18.1 Å². The minimum Gasteiger partial charge on any atom is -0.480 e. The molecular weight excluding hydrogens is 240 g/mol. The fourth-order valence-electron chi connectivity index (χ4n) is 1.93. The van der Waals surface area contributed by atoms with Crippen LogP contribution >= 0.6 is 11.8 Å².